The van der Waals surface area contributed by atoms with Gasteiger partial charge in [0.2, 0.25) is 0 Å². The smallest absolute Gasteiger partial charge is 0.255 e. The summed E-state index contributed by atoms with van der Waals surface area (Å²) in [5.74, 6) is -0.392. The van der Waals surface area contributed by atoms with Crippen LogP contribution in [0, 0.1) is 5.41 Å². The van der Waals surface area contributed by atoms with Crippen LogP contribution in [0.3, 0.4) is 0 Å². The van der Waals surface area contributed by atoms with E-state index in [0.29, 0.717) is 29.9 Å². The van der Waals surface area contributed by atoms with E-state index in [4.69, 9.17) is 5.73 Å². The fourth-order valence-corrected chi connectivity index (χ4v) is 2.55. The van der Waals surface area contributed by atoms with Crippen molar-refractivity contribution in [2.75, 3.05) is 25.5 Å². The van der Waals surface area contributed by atoms with E-state index in [1.807, 2.05) is 19.9 Å². The van der Waals surface area contributed by atoms with E-state index >= 15 is 0 Å². The molecule has 0 bridgehead atoms. The van der Waals surface area contributed by atoms with Crippen molar-refractivity contribution in [3.05, 3.63) is 65.7 Å². The summed E-state index contributed by atoms with van der Waals surface area (Å²) in [7, 11) is 1.75. The van der Waals surface area contributed by atoms with E-state index in [1.54, 1.807) is 60.5 Å². The Kier molecular flexibility index (Phi) is 7.80. The van der Waals surface area contributed by atoms with Crippen molar-refractivity contribution in [2.24, 2.45) is 11.1 Å². The van der Waals surface area contributed by atoms with Gasteiger partial charge in [-0.15, -0.1) is 12.4 Å². The van der Waals surface area contributed by atoms with Gasteiger partial charge in [0.15, 0.2) is 0 Å². The Hall–Kier alpha value is -2.37. The largest absolute Gasteiger partial charge is 0.341 e. The molecule has 2 rings (SSSR count). The molecule has 0 saturated carbocycles. The lowest BCUT2D eigenvalue weighted by molar-refractivity contribution is 0.0741. The summed E-state index contributed by atoms with van der Waals surface area (Å²) in [5.41, 5.74) is 7.09. The molecule has 2 aromatic rings. The average Bonchev–Trinajstić information content (AvgIpc) is 2.62. The van der Waals surface area contributed by atoms with Crippen LogP contribution in [0.5, 0.6) is 0 Å². The monoisotopic (exact) mass is 375 g/mol. The Morgan fingerprint density at radius 2 is 1.62 bits per heavy atom. The van der Waals surface area contributed by atoms with E-state index in [9.17, 15) is 9.59 Å². The number of para-hydroxylation sites is 1. The van der Waals surface area contributed by atoms with Crippen LogP contribution in [0.2, 0.25) is 0 Å². The number of anilines is 1. The molecule has 2 amide bonds. The number of carbonyl (C=O) groups is 2. The minimum absolute atomic E-state index is 0. The molecule has 6 heteroatoms. The summed E-state index contributed by atoms with van der Waals surface area (Å²) >= 11 is 0. The van der Waals surface area contributed by atoms with Crippen LogP contribution in [-0.4, -0.2) is 36.9 Å². The van der Waals surface area contributed by atoms with Gasteiger partial charge >= 0.3 is 0 Å². The number of benzene rings is 2. The van der Waals surface area contributed by atoms with Gasteiger partial charge in [-0.05, 0) is 36.2 Å². The van der Waals surface area contributed by atoms with Crippen molar-refractivity contribution in [3.8, 4) is 0 Å². The van der Waals surface area contributed by atoms with Crippen LogP contribution in [0.4, 0.5) is 5.69 Å². The summed E-state index contributed by atoms with van der Waals surface area (Å²) in [6.07, 6.45) is 0. The molecule has 0 atom stereocenters. The Morgan fingerprint density at radius 1 is 1.04 bits per heavy atom. The SMILES string of the molecule is CN(CC(C)(C)CN)C(=O)c1ccccc1NC(=O)c1ccccc1.Cl. The molecule has 0 unspecified atom stereocenters. The number of nitrogens with two attached hydrogens (primary N) is 1. The van der Waals surface area contributed by atoms with Crippen LogP contribution < -0.4 is 11.1 Å². The zero-order valence-corrected chi connectivity index (χ0v) is 16.2. The van der Waals surface area contributed by atoms with Gasteiger partial charge < -0.3 is 16.0 Å². The van der Waals surface area contributed by atoms with Gasteiger partial charge in [-0.2, -0.15) is 0 Å². The molecule has 0 aromatic heterocycles. The third kappa shape index (κ3) is 5.58. The Bertz CT molecular complexity index is 748. The second-order valence-corrected chi connectivity index (χ2v) is 6.90. The first kappa shape index (κ1) is 21.7. The first-order valence-electron chi connectivity index (χ1n) is 8.25. The highest BCUT2D eigenvalue weighted by atomic mass is 35.5. The van der Waals surface area contributed by atoms with Gasteiger partial charge in [0, 0.05) is 19.2 Å². The predicted octanol–water partition coefficient (Wildman–Crippen LogP) is 3.42. The minimum atomic E-state index is -0.245. The number of carbonyl (C=O) groups excluding carboxylic acids is 2. The zero-order chi connectivity index (χ0) is 18.4. The van der Waals surface area contributed by atoms with E-state index in [-0.39, 0.29) is 29.6 Å². The van der Waals surface area contributed by atoms with Crippen molar-refractivity contribution in [2.45, 2.75) is 13.8 Å². The van der Waals surface area contributed by atoms with E-state index in [2.05, 4.69) is 5.32 Å². The number of nitrogens with one attached hydrogen (secondary N) is 1. The molecule has 5 nitrogen and oxygen atoms in total. The summed E-state index contributed by atoms with van der Waals surface area (Å²) in [5, 5.41) is 2.83. The third-order valence-electron chi connectivity index (χ3n) is 4.01. The summed E-state index contributed by atoms with van der Waals surface area (Å²) < 4.78 is 0. The zero-order valence-electron chi connectivity index (χ0n) is 15.4. The second-order valence-electron chi connectivity index (χ2n) is 6.90. The topological polar surface area (TPSA) is 75.4 Å². The lowest BCUT2D eigenvalue weighted by Gasteiger charge is -2.29. The number of halogens is 1. The molecule has 0 heterocycles. The predicted molar refractivity (Wildman–Crippen MR) is 108 cm³/mol. The molecule has 0 spiro atoms. The number of hydrogen-bond donors (Lipinski definition) is 2. The van der Waals surface area contributed by atoms with E-state index in [1.165, 1.54) is 0 Å². The Morgan fingerprint density at radius 3 is 2.23 bits per heavy atom. The third-order valence-corrected chi connectivity index (χ3v) is 4.01. The summed E-state index contributed by atoms with van der Waals surface area (Å²) in [4.78, 5) is 26.8. The van der Waals surface area contributed by atoms with Gasteiger partial charge in [0.05, 0.1) is 11.3 Å². The van der Waals surface area contributed by atoms with Crippen LogP contribution in [0.15, 0.2) is 54.6 Å². The van der Waals surface area contributed by atoms with Crippen molar-refractivity contribution >= 4 is 29.9 Å². The number of nitrogens with zero attached hydrogens (tertiary/aromatic N) is 1. The highest BCUT2D eigenvalue weighted by Gasteiger charge is 2.23. The van der Waals surface area contributed by atoms with Crippen molar-refractivity contribution in [3.63, 3.8) is 0 Å². The lowest BCUT2D eigenvalue weighted by atomic mass is 9.93. The Labute approximate surface area is 161 Å². The number of hydrogen-bond acceptors (Lipinski definition) is 3. The molecule has 3 N–H and O–H groups in total. The van der Waals surface area contributed by atoms with Gasteiger partial charge in [-0.1, -0.05) is 44.2 Å². The lowest BCUT2D eigenvalue weighted by Crippen LogP contribution is -2.40. The standard InChI is InChI=1S/C20H25N3O2.ClH/c1-20(2,13-21)14-23(3)19(25)16-11-7-8-12-17(16)22-18(24)15-9-5-4-6-10-15;/h4-12H,13-14,21H2,1-3H3,(H,22,24);1H. The highest BCUT2D eigenvalue weighted by molar-refractivity contribution is 6.08. The molecule has 0 aliphatic heterocycles. The summed E-state index contributed by atoms with van der Waals surface area (Å²) in [6.45, 7) is 5.04. The van der Waals surface area contributed by atoms with Gasteiger partial charge in [0.25, 0.3) is 11.8 Å². The highest BCUT2D eigenvalue weighted by Crippen LogP contribution is 2.21. The fourth-order valence-electron chi connectivity index (χ4n) is 2.55. The van der Waals surface area contributed by atoms with Crippen LogP contribution in [0.1, 0.15) is 34.6 Å². The van der Waals surface area contributed by atoms with Crippen molar-refractivity contribution < 1.29 is 9.59 Å². The van der Waals surface area contributed by atoms with Gasteiger partial charge in [-0.3, -0.25) is 9.59 Å². The minimum Gasteiger partial charge on any atom is -0.341 e. The molecule has 26 heavy (non-hydrogen) atoms. The molecule has 0 aliphatic rings. The maximum absolute atomic E-state index is 12.8. The number of rotatable bonds is 6. The van der Waals surface area contributed by atoms with Crippen LogP contribution in [0.25, 0.3) is 0 Å². The average molecular weight is 376 g/mol. The Balaban J connectivity index is 0.00000338. The molecular formula is C20H26ClN3O2. The maximum atomic E-state index is 12.8. The number of amides is 2. The molecule has 0 saturated heterocycles. The molecule has 0 radical (unpaired) electrons. The van der Waals surface area contributed by atoms with E-state index in [0.717, 1.165) is 0 Å². The first-order valence-corrected chi connectivity index (χ1v) is 8.25. The maximum Gasteiger partial charge on any atom is 0.255 e. The fraction of sp³-hybridized carbons (Fsp3) is 0.300. The second kappa shape index (κ2) is 9.36. The summed E-state index contributed by atoms with van der Waals surface area (Å²) in [6, 6.07) is 15.9. The molecular weight excluding hydrogens is 350 g/mol. The molecule has 0 aliphatic carbocycles. The normalized spacial score (nSPS) is 10.6. The van der Waals surface area contributed by atoms with Crippen LogP contribution in [-0.2, 0) is 0 Å². The van der Waals surface area contributed by atoms with Crippen molar-refractivity contribution in [1.82, 2.24) is 4.90 Å². The van der Waals surface area contributed by atoms with Crippen molar-refractivity contribution in [1.29, 1.82) is 0 Å². The molecule has 0 fully saturated rings. The molecule has 2 aromatic carbocycles. The van der Waals surface area contributed by atoms with Gasteiger partial charge in [0.1, 0.15) is 0 Å². The molecule has 140 valence electrons. The van der Waals surface area contributed by atoms with E-state index < -0.39 is 0 Å². The quantitative estimate of drug-likeness (QED) is 0.812. The van der Waals surface area contributed by atoms with Gasteiger partial charge in [-0.25, -0.2) is 0 Å². The first-order chi connectivity index (χ1) is 11.8. The van der Waals surface area contributed by atoms with Crippen LogP contribution >= 0.6 is 12.4 Å².